The Morgan fingerprint density at radius 1 is 1.11 bits per heavy atom. The van der Waals surface area contributed by atoms with Crippen LogP contribution < -0.4 is 30.3 Å². The molecule has 0 unspecified atom stereocenters. The number of allylic oxidation sites excluding steroid dienone is 1. The van der Waals surface area contributed by atoms with E-state index < -0.39 is 23.9 Å². The van der Waals surface area contributed by atoms with Crippen molar-refractivity contribution in [2.75, 3.05) is 20.3 Å². The Hall–Kier alpha value is -3.82. The molecular formula is C31H29BrClIN4O7. The molecule has 3 N–H and O–H groups in total. The largest absolute Gasteiger partial charge is 0.493 e. The number of ether oxygens (including phenoxy) is 4. The number of methoxy groups -OCH3 is 1. The highest BCUT2D eigenvalue weighted by Crippen LogP contribution is 2.35. The van der Waals surface area contributed by atoms with Crippen LogP contribution in [0.15, 0.2) is 75.4 Å². The predicted molar refractivity (Wildman–Crippen MR) is 181 cm³/mol. The lowest BCUT2D eigenvalue weighted by atomic mass is 9.95. The van der Waals surface area contributed by atoms with Gasteiger partial charge in [0.25, 0.3) is 5.91 Å². The van der Waals surface area contributed by atoms with Gasteiger partial charge in [-0.15, -0.1) is 0 Å². The number of urea groups is 1. The molecule has 236 valence electrons. The van der Waals surface area contributed by atoms with Gasteiger partial charge in [-0.1, -0.05) is 29.8 Å². The molecule has 1 heterocycles. The standard InChI is InChI=1S/C31H29BrClIN4O7/c1-4-43-30(40)27-17(2)36-31(41)37-28(27)20-7-10-24(25(13-20)42-3)44-16-26(39)38-35-14-19-11-22(32)29(23(34)12-19)45-15-18-5-8-21(33)9-6-18/h5-14,28H,4,15-16H2,1-3H3,(H,38,39)(H2,36,37,41)/b35-14-/t28-/m0/s1. The van der Waals surface area contributed by atoms with Crippen molar-refractivity contribution in [3.8, 4) is 17.2 Å². The van der Waals surface area contributed by atoms with Crippen LogP contribution >= 0.6 is 50.1 Å². The van der Waals surface area contributed by atoms with Gasteiger partial charge in [0.1, 0.15) is 12.4 Å². The molecule has 11 nitrogen and oxygen atoms in total. The van der Waals surface area contributed by atoms with E-state index in [-0.39, 0.29) is 24.5 Å². The molecule has 14 heteroatoms. The van der Waals surface area contributed by atoms with E-state index in [2.05, 4.69) is 59.7 Å². The van der Waals surface area contributed by atoms with Crippen molar-refractivity contribution >= 4 is 74.2 Å². The van der Waals surface area contributed by atoms with E-state index in [9.17, 15) is 14.4 Å². The van der Waals surface area contributed by atoms with Crippen LogP contribution in [0.3, 0.4) is 0 Å². The van der Waals surface area contributed by atoms with Crippen LogP contribution in [0, 0.1) is 3.57 Å². The fourth-order valence-corrected chi connectivity index (χ4v) is 6.18. The van der Waals surface area contributed by atoms with Crippen molar-refractivity contribution in [2.24, 2.45) is 5.10 Å². The topological polar surface area (TPSA) is 137 Å². The van der Waals surface area contributed by atoms with Gasteiger partial charge < -0.3 is 29.6 Å². The van der Waals surface area contributed by atoms with Crippen molar-refractivity contribution < 1.29 is 33.3 Å². The summed E-state index contributed by atoms with van der Waals surface area (Å²) >= 11 is 11.7. The normalized spacial score (nSPS) is 14.4. The number of carbonyl (C=O) groups is 3. The zero-order valence-electron chi connectivity index (χ0n) is 24.4. The van der Waals surface area contributed by atoms with Gasteiger partial charge in [0.05, 0.1) is 39.6 Å². The summed E-state index contributed by atoms with van der Waals surface area (Å²) in [7, 11) is 1.44. The lowest BCUT2D eigenvalue weighted by molar-refractivity contribution is -0.139. The third-order valence-electron chi connectivity index (χ3n) is 6.36. The molecule has 3 aromatic carbocycles. The molecule has 1 aliphatic rings. The number of halogens is 3. The first-order chi connectivity index (χ1) is 21.6. The predicted octanol–water partition coefficient (Wildman–Crippen LogP) is 6.01. The van der Waals surface area contributed by atoms with Crippen molar-refractivity contribution in [1.82, 2.24) is 16.1 Å². The lowest BCUT2D eigenvalue weighted by Crippen LogP contribution is -2.45. The molecule has 1 atom stereocenters. The van der Waals surface area contributed by atoms with Gasteiger partial charge in [0, 0.05) is 10.7 Å². The summed E-state index contributed by atoms with van der Waals surface area (Å²) in [4.78, 5) is 37.2. The Morgan fingerprint density at radius 3 is 2.56 bits per heavy atom. The monoisotopic (exact) mass is 810 g/mol. The first-order valence-electron chi connectivity index (χ1n) is 13.5. The van der Waals surface area contributed by atoms with Crippen LogP contribution in [0.1, 0.15) is 36.6 Å². The summed E-state index contributed by atoms with van der Waals surface area (Å²) < 4.78 is 23.9. The molecule has 0 aliphatic carbocycles. The van der Waals surface area contributed by atoms with Crippen molar-refractivity contribution in [3.63, 3.8) is 0 Å². The van der Waals surface area contributed by atoms with Crippen molar-refractivity contribution in [2.45, 2.75) is 26.5 Å². The van der Waals surface area contributed by atoms with E-state index in [4.69, 9.17) is 30.5 Å². The van der Waals surface area contributed by atoms with Crippen molar-refractivity contribution in [1.29, 1.82) is 0 Å². The molecular weight excluding hydrogens is 783 g/mol. The second kappa shape index (κ2) is 16.0. The molecule has 3 aromatic rings. The molecule has 4 rings (SSSR count). The number of amides is 3. The Kier molecular flexibility index (Phi) is 12.1. The van der Waals surface area contributed by atoms with Crippen molar-refractivity contribution in [3.05, 3.63) is 95.6 Å². The van der Waals surface area contributed by atoms with E-state index in [1.807, 2.05) is 36.4 Å². The van der Waals surface area contributed by atoms with Crippen LogP contribution in [0.25, 0.3) is 0 Å². The molecule has 0 spiro atoms. The van der Waals surface area contributed by atoms with Gasteiger partial charge in [0.2, 0.25) is 0 Å². The molecule has 0 fully saturated rings. The van der Waals surface area contributed by atoms with Gasteiger partial charge in [-0.25, -0.2) is 15.0 Å². The maximum Gasteiger partial charge on any atom is 0.338 e. The summed E-state index contributed by atoms with van der Waals surface area (Å²) in [5.74, 6) is 0.222. The summed E-state index contributed by atoms with van der Waals surface area (Å²) in [5.41, 5.74) is 5.38. The minimum atomic E-state index is -0.773. The van der Waals surface area contributed by atoms with Gasteiger partial charge in [-0.05, 0) is 105 Å². The average molecular weight is 812 g/mol. The summed E-state index contributed by atoms with van der Waals surface area (Å²) in [6.45, 7) is 3.54. The van der Waals surface area contributed by atoms with E-state index in [1.165, 1.54) is 13.3 Å². The highest BCUT2D eigenvalue weighted by atomic mass is 127. The van der Waals surface area contributed by atoms with Crippen LogP contribution in [-0.4, -0.2) is 44.4 Å². The van der Waals surface area contributed by atoms with Crippen LogP contribution in [0.4, 0.5) is 4.79 Å². The number of hydrogen-bond acceptors (Lipinski definition) is 8. The van der Waals surface area contributed by atoms with Crippen LogP contribution in [0.2, 0.25) is 5.02 Å². The van der Waals surface area contributed by atoms with Gasteiger partial charge in [-0.2, -0.15) is 5.10 Å². The number of esters is 1. The molecule has 0 saturated heterocycles. The van der Waals surface area contributed by atoms with Gasteiger partial charge in [-0.3, -0.25) is 4.79 Å². The number of hydrazone groups is 1. The Balaban J connectivity index is 1.35. The maximum absolute atomic E-state index is 12.6. The fourth-order valence-electron chi connectivity index (χ4n) is 4.29. The molecule has 0 radical (unpaired) electrons. The van der Waals surface area contributed by atoms with Gasteiger partial charge in [0.15, 0.2) is 18.1 Å². The Labute approximate surface area is 286 Å². The van der Waals surface area contributed by atoms with E-state index in [0.29, 0.717) is 34.4 Å². The highest BCUT2D eigenvalue weighted by molar-refractivity contribution is 14.1. The quantitative estimate of drug-likeness (QED) is 0.0882. The molecule has 45 heavy (non-hydrogen) atoms. The fraction of sp³-hybridized carbons (Fsp3) is 0.226. The Morgan fingerprint density at radius 2 is 1.87 bits per heavy atom. The SMILES string of the molecule is CCOC(=O)C1=C(C)NC(=O)N[C@H]1c1ccc(OCC(=O)N/N=C\c2cc(Br)c(OCc3ccc(Cl)cc3)c(I)c2)c(OC)c1. The van der Waals surface area contributed by atoms with E-state index in [0.717, 1.165) is 19.2 Å². The minimum absolute atomic E-state index is 0.183. The van der Waals surface area contributed by atoms with E-state index >= 15 is 0 Å². The van der Waals surface area contributed by atoms with E-state index in [1.54, 1.807) is 32.0 Å². The average Bonchev–Trinajstić information content (AvgIpc) is 3.00. The maximum atomic E-state index is 12.6. The smallest absolute Gasteiger partial charge is 0.338 e. The van der Waals surface area contributed by atoms with Crippen LogP contribution in [0.5, 0.6) is 17.2 Å². The summed E-state index contributed by atoms with van der Waals surface area (Å²) in [6.07, 6.45) is 1.51. The summed E-state index contributed by atoms with van der Waals surface area (Å²) in [6, 6.07) is 14.8. The van der Waals surface area contributed by atoms with Gasteiger partial charge >= 0.3 is 12.0 Å². The number of nitrogens with zero attached hydrogens (tertiary/aromatic N) is 1. The number of rotatable bonds is 12. The molecule has 1 aliphatic heterocycles. The third-order valence-corrected chi connectivity index (χ3v) is 8.01. The molecule has 3 amide bonds. The zero-order chi connectivity index (χ0) is 32.5. The molecule has 0 aromatic heterocycles. The molecule has 0 saturated carbocycles. The molecule has 0 bridgehead atoms. The summed E-state index contributed by atoms with van der Waals surface area (Å²) in [5, 5.41) is 10.0. The highest BCUT2D eigenvalue weighted by Gasteiger charge is 2.32. The zero-order valence-corrected chi connectivity index (χ0v) is 28.9. The third kappa shape index (κ3) is 9.11. The first kappa shape index (κ1) is 34.1. The second-order valence-electron chi connectivity index (χ2n) is 9.51. The van der Waals surface area contributed by atoms with Crippen LogP contribution in [-0.2, 0) is 20.9 Å². The number of carbonyl (C=O) groups excluding carboxylic acids is 3. The number of nitrogens with one attached hydrogen (secondary N) is 3. The lowest BCUT2D eigenvalue weighted by Gasteiger charge is -2.28. The number of benzene rings is 3. The Bertz CT molecular complexity index is 1630. The second-order valence-corrected chi connectivity index (χ2v) is 12.0. The minimum Gasteiger partial charge on any atom is -0.493 e. The number of hydrogen-bond donors (Lipinski definition) is 3. The first-order valence-corrected chi connectivity index (χ1v) is 15.8.